The fraction of sp³-hybridized carbons (Fsp3) is 0.818. The summed E-state index contributed by atoms with van der Waals surface area (Å²) in [5.74, 6) is 0.465. The Kier molecular flexibility index (Phi) is 9.95. The van der Waals surface area contributed by atoms with Crippen molar-refractivity contribution in [3.05, 3.63) is 0 Å². The Bertz CT molecular complexity index is 236. The number of unbranched alkanes of at least 4 members (excludes halogenated alkanes) is 1. The minimum absolute atomic E-state index is 0.00987. The molecule has 0 spiro atoms. The largest absolute Gasteiger partial charge is 0.480 e. The molecule has 1 unspecified atom stereocenters. The molecule has 5 nitrogen and oxygen atoms in total. The number of carboxylic acids is 1. The Labute approximate surface area is 106 Å². The van der Waals surface area contributed by atoms with Crippen LogP contribution in [0.3, 0.4) is 0 Å². The van der Waals surface area contributed by atoms with E-state index in [4.69, 9.17) is 9.84 Å². The lowest BCUT2D eigenvalue weighted by molar-refractivity contribution is -0.143. The predicted octanol–water partition coefficient (Wildman–Crippen LogP) is 1.13. The second-order valence-electron chi connectivity index (χ2n) is 3.63. The first kappa shape index (κ1) is 16.2. The molecule has 0 aliphatic rings. The maximum atomic E-state index is 11.4. The van der Waals surface area contributed by atoms with Crippen molar-refractivity contribution in [1.29, 1.82) is 0 Å². The molecule has 17 heavy (non-hydrogen) atoms. The standard InChI is InChI=1S/C11H21NO4S/c1-3-4-6-17-7-5-10(13)12-9(8-16-2)11(14)15/h9H,3-8H2,1-2H3,(H,12,13)(H,14,15). The Balaban J connectivity index is 3.71. The van der Waals surface area contributed by atoms with E-state index in [2.05, 4.69) is 12.2 Å². The second-order valence-corrected chi connectivity index (χ2v) is 4.85. The molecule has 2 N–H and O–H groups in total. The van der Waals surface area contributed by atoms with Crippen molar-refractivity contribution in [1.82, 2.24) is 5.32 Å². The quantitative estimate of drug-likeness (QED) is 0.578. The molecule has 0 saturated carbocycles. The molecule has 6 heteroatoms. The first-order valence-corrected chi connectivity index (χ1v) is 6.86. The number of methoxy groups -OCH3 is 1. The summed E-state index contributed by atoms with van der Waals surface area (Å²) in [6, 6.07) is -0.951. The summed E-state index contributed by atoms with van der Waals surface area (Å²) in [5, 5.41) is 11.2. The summed E-state index contributed by atoms with van der Waals surface area (Å²) >= 11 is 1.72. The zero-order valence-electron chi connectivity index (χ0n) is 10.4. The van der Waals surface area contributed by atoms with Crippen LogP contribution in [0.5, 0.6) is 0 Å². The van der Waals surface area contributed by atoms with Crippen LogP contribution in [0.2, 0.25) is 0 Å². The number of carboxylic acid groups (broad SMARTS) is 1. The van der Waals surface area contributed by atoms with Gasteiger partial charge in [-0.25, -0.2) is 4.79 Å². The molecule has 0 aliphatic heterocycles. The van der Waals surface area contributed by atoms with E-state index in [1.165, 1.54) is 7.11 Å². The van der Waals surface area contributed by atoms with Gasteiger partial charge in [0.2, 0.25) is 5.91 Å². The van der Waals surface area contributed by atoms with E-state index in [0.29, 0.717) is 6.42 Å². The van der Waals surface area contributed by atoms with Crippen molar-refractivity contribution in [2.45, 2.75) is 32.2 Å². The van der Waals surface area contributed by atoms with Crippen molar-refractivity contribution in [2.75, 3.05) is 25.2 Å². The second kappa shape index (κ2) is 10.4. The number of amides is 1. The highest BCUT2D eigenvalue weighted by atomic mass is 32.2. The first-order valence-electron chi connectivity index (χ1n) is 5.70. The SMILES string of the molecule is CCCCSCCC(=O)NC(COC)C(=O)O. The van der Waals surface area contributed by atoms with Crippen LogP contribution in [0, 0.1) is 0 Å². The molecule has 0 aromatic carbocycles. The van der Waals surface area contributed by atoms with E-state index >= 15 is 0 Å². The van der Waals surface area contributed by atoms with E-state index in [1.807, 2.05) is 0 Å². The molecule has 1 atom stereocenters. The van der Waals surface area contributed by atoms with Gasteiger partial charge in [0.25, 0.3) is 0 Å². The molecule has 0 rings (SSSR count). The number of hydrogen-bond acceptors (Lipinski definition) is 4. The molecule has 0 fully saturated rings. The van der Waals surface area contributed by atoms with Gasteiger partial charge in [0.15, 0.2) is 6.04 Å². The van der Waals surface area contributed by atoms with Gasteiger partial charge in [-0.05, 0) is 12.2 Å². The van der Waals surface area contributed by atoms with Gasteiger partial charge in [-0.15, -0.1) is 0 Å². The molecule has 0 aliphatic carbocycles. The van der Waals surface area contributed by atoms with Crippen LogP contribution in [0.4, 0.5) is 0 Å². The van der Waals surface area contributed by atoms with E-state index in [1.54, 1.807) is 11.8 Å². The first-order chi connectivity index (χ1) is 8.11. The number of carbonyl (C=O) groups is 2. The molecule has 0 heterocycles. The summed E-state index contributed by atoms with van der Waals surface area (Å²) in [7, 11) is 1.41. The van der Waals surface area contributed by atoms with Crippen LogP contribution >= 0.6 is 11.8 Å². The van der Waals surface area contributed by atoms with E-state index in [0.717, 1.165) is 24.3 Å². The van der Waals surface area contributed by atoms with Gasteiger partial charge < -0.3 is 15.2 Å². The van der Waals surface area contributed by atoms with Crippen LogP contribution < -0.4 is 5.32 Å². The zero-order valence-corrected chi connectivity index (χ0v) is 11.2. The highest BCUT2D eigenvalue weighted by Gasteiger charge is 2.19. The highest BCUT2D eigenvalue weighted by Crippen LogP contribution is 2.05. The molecule has 100 valence electrons. The number of carbonyl (C=O) groups excluding carboxylic acids is 1. The molecule has 0 aromatic rings. The van der Waals surface area contributed by atoms with Crippen LogP contribution in [0.15, 0.2) is 0 Å². The monoisotopic (exact) mass is 263 g/mol. The van der Waals surface area contributed by atoms with E-state index in [-0.39, 0.29) is 12.5 Å². The number of aliphatic carboxylic acids is 1. The summed E-state index contributed by atoms with van der Waals surface area (Å²) in [6.07, 6.45) is 2.64. The fourth-order valence-corrected chi connectivity index (χ4v) is 2.15. The Morgan fingerprint density at radius 3 is 2.65 bits per heavy atom. The maximum absolute atomic E-state index is 11.4. The Morgan fingerprint density at radius 2 is 2.12 bits per heavy atom. The number of ether oxygens (including phenoxy) is 1. The summed E-state index contributed by atoms with van der Waals surface area (Å²) in [4.78, 5) is 22.2. The normalized spacial score (nSPS) is 12.1. The predicted molar refractivity (Wildman–Crippen MR) is 68.3 cm³/mol. The van der Waals surface area contributed by atoms with Gasteiger partial charge in [0.05, 0.1) is 6.61 Å². The zero-order chi connectivity index (χ0) is 13.1. The van der Waals surface area contributed by atoms with Crippen LogP contribution in [0.25, 0.3) is 0 Å². The average molecular weight is 263 g/mol. The lowest BCUT2D eigenvalue weighted by Gasteiger charge is -2.13. The molecular formula is C11H21NO4S. The van der Waals surface area contributed by atoms with Gasteiger partial charge in [0, 0.05) is 19.3 Å². The summed E-state index contributed by atoms with van der Waals surface area (Å²) < 4.78 is 4.72. The maximum Gasteiger partial charge on any atom is 0.328 e. The fourth-order valence-electron chi connectivity index (χ4n) is 1.12. The Hall–Kier alpha value is -0.750. The molecular weight excluding hydrogens is 242 g/mol. The molecule has 1 amide bonds. The summed E-state index contributed by atoms with van der Waals surface area (Å²) in [5.41, 5.74) is 0. The lowest BCUT2D eigenvalue weighted by Crippen LogP contribution is -2.43. The molecule has 0 bridgehead atoms. The van der Waals surface area contributed by atoms with E-state index in [9.17, 15) is 9.59 Å². The van der Waals surface area contributed by atoms with Gasteiger partial charge >= 0.3 is 5.97 Å². The van der Waals surface area contributed by atoms with Crippen molar-refractivity contribution in [2.24, 2.45) is 0 Å². The molecule has 0 radical (unpaired) electrons. The van der Waals surface area contributed by atoms with Crippen LogP contribution in [-0.2, 0) is 14.3 Å². The van der Waals surface area contributed by atoms with Gasteiger partial charge in [-0.3, -0.25) is 4.79 Å². The third-order valence-corrected chi connectivity index (χ3v) is 3.15. The molecule has 0 aromatic heterocycles. The van der Waals surface area contributed by atoms with Gasteiger partial charge in [0.1, 0.15) is 0 Å². The third kappa shape index (κ3) is 9.00. The van der Waals surface area contributed by atoms with E-state index < -0.39 is 12.0 Å². The lowest BCUT2D eigenvalue weighted by atomic mass is 10.3. The van der Waals surface area contributed by atoms with Gasteiger partial charge in [-0.2, -0.15) is 11.8 Å². The number of rotatable bonds is 10. The minimum atomic E-state index is -1.07. The highest BCUT2D eigenvalue weighted by molar-refractivity contribution is 7.99. The summed E-state index contributed by atoms with van der Waals surface area (Å²) in [6.45, 7) is 2.11. The topological polar surface area (TPSA) is 75.6 Å². The van der Waals surface area contributed by atoms with Crippen LogP contribution in [0.1, 0.15) is 26.2 Å². The molecule has 0 saturated heterocycles. The number of thioether (sulfide) groups is 1. The third-order valence-electron chi connectivity index (χ3n) is 2.08. The Morgan fingerprint density at radius 1 is 1.41 bits per heavy atom. The van der Waals surface area contributed by atoms with Crippen molar-refractivity contribution >= 4 is 23.6 Å². The van der Waals surface area contributed by atoms with Crippen molar-refractivity contribution < 1.29 is 19.4 Å². The van der Waals surface area contributed by atoms with Crippen LogP contribution in [-0.4, -0.2) is 48.2 Å². The van der Waals surface area contributed by atoms with Crippen molar-refractivity contribution in [3.8, 4) is 0 Å². The van der Waals surface area contributed by atoms with Crippen molar-refractivity contribution in [3.63, 3.8) is 0 Å². The smallest absolute Gasteiger partial charge is 0.328 e. The average Bonchev–Trinajstić information content (AvgIpc) is 2.28. The number of nitrogens with one attached hydrogen (secondary N) is 1. The minimum Gasteiger partial charge on any atom is -0.480 e. The van der Waals surface area contributed by atoms with Gasteiger partial charge in [-0.1, -0.05) is 13.3 Å². The number of hydrogen-bond donors (Lipinski definition) is 2.